The van der Waals surface area contributed by atoms with Crippen molar-refractivity contribution in [2.24, 2.45) is 0 Å². The molecule has 0 bridgehead atoms. The van der Waals surface area contributed by atoms with E-state index in [4.69, 9.17) is 14.6 Å². The van der Waals surface area contributed by atoms with E-state index in [0.29, 0.717) is 11.4 Å². The van der Waals surface area contributed by atoms with Gasteiger partial charge in [0, 0.05) is 38.8 Å². The molecule has 1 heterocycles. The van der Waals surface area contributed by atoms with Crippen molar-refractivity contribution in [2.75, 3.05) is 33.4 Å². The van der Waals surface area contributed by atoms with Gasteiger partial charge in [0.25, 0.3) is 6.47 Å². The molecule has 1 fully saturated rings. The number of methoxy groups -OCH3 is 1. The predicted molar refractivity (Wildman–Crippen MR) is 116 cm³/mol. The number of hydrogen-bond acceptors (Lipinski definition) is 5. The number of hydrogen-bond donors (Lipinski definition) is 2. The molecule has 0 saturated carbocycles. The van der Waals surface area contributed by atoms with Crippen molar-refractivity contribution < 1.29 is 23.1 Å². The van der Waals surface area contributed by atoms with Crippen LogP contribution < -0.4 is 4.72 Å². The van der Waals surface area contributed by atoms with E-state index >= 15 is 0 Å². The molecule has 1 aliphatic rings. The third-order valence-electron chi connectivity index (χ3n) is 5.11. The first-order valence-corrected chi connectivity index (χ1v) is 11.4. The van der Waals surface area contributed by atoms with Crippen LogP contribution in [0.25, 0.3) is 0 Å². The van der Waals surface area contributed by atoms with E-state index in [1.54, 1.807) is 31.4 Å². The summed E-state index contributed by atoms with van der Waals surface area (Å²) in [6.45, 7) is 3.06. The maximum atomic E-state index is 12.9. The van der Waals surface area contributed by atoms with Crippen molar-refractivity contribution >= 4 is 16.5 Å². The predicted octanol–water partition coefficient (Wildman–Crippen LogP) is 2.56. The maximum absolute atomic E-state index is 12.9. The second-order valence-electron chi connectivity index (χ2n) is 7.10. The van der Waals surface area contributed by atoms with Gasteiger partial charge in [0.15, 0.2) is 0 Å². The summed E-state index contributed by atoms with van der Waals surface area (Å²) in [5, 5.41) is 6.89. The van der Waals surface area contributed by atoms with Gasteiger partial charge in [-0.2, -0.15) is 0 Å². The Kier molecular flexibility index (Phi) is 9.96. The summed E-state index contributed by atoms with van der Waals surface area (Å²) in [7, 11) is -1.84. The third kappa shape index (κ3) is 7.21. The zero-order valence-electron chi connectivity index (χ0n) is 17.2. The summed E-state index contributed by atoms with van der Waals surface area (Å²) < 4.78 is 33.9. The molecule has 0 amide bonds. The van der Waals surface area contributed by atoms with E-state index in [0.717, 1.165) is 32.5 Å². The van der Waals surface area contributed by atoms with Gasteiger partial charge in [0.05, 0.1) is 4.90 Å². The minimum Gasteiger partial charge on any atom is -0.483 e. The maximum Gasteiger partial charge on any atom is 0.290 e. The van der Waals surface area contributed by atoms with Gasteiger partial charge in [-0.3, -0.25) is 4.79 Å². The summed E-state index contributed by atoms with van der Waals surface area (Å²) in [4.78, 5) is 11.0. The first-order chi connectivity index (χ1) is 14.5. The van der Waals surface area contributed by atoms with Crippen LogP contribution in [0.3, 0.4) is 0 Å². The number of nitrogens with one attached hydrogen (secondary N) is 1. The molecular formula is C22H30N2O5S. The molecule has 30 heavy (non-hydrogen) atoms. The Morgan fingerprint density at radius 3 is 2.33 bits per heavy atom. The SMILES string of the molecule is COCCCN1CC[C@@H](c2ccccc2)[C@@H](NS(=O)(=O)c2ccccc2)C1.O=CO. The smallest absolute Gasteiger partial charge is 0.290 e. The molecule has 7 nitrogen and oxygen atoms in total. The Morgan fingerprint density at radius 2 is 1.73 bits per heavy atom. The highest BCUT2D eigenvalue weighted by molar-refractivity contribution is 7.89. The van der Waals surface area contributed by atoms with Crippen molar-refractivity contribution in [3.8, 4) is 0 Å². The summed E-state index contributed by atoms with van der Waals surface area (Å²) in [6, 6.07) is 18.7. The second-order valence-corrected chi connectivity index (χ2v) is 8.81. The van der Waals surface area contributed by atoms with Crippen LogP contribution in [0.1, 0.15) is 24.3 Å². The zero-order valence-corrected chi connectivity index (χ0v) is 18.0. The molecule has 2 aromatic rings. The Balaban J connectivity index is 0.00000101. The number of nitrogens with zero attached hydrogens (tertiary/aromatic N) is 1. The van der Waals surface area contributed by atoms with Gasteiger partial charge < -0.3 is 14.7 Å². The van der Waals surface area contributed by atoms with Crippen molar-refractivity contribution in [3.05, 3.63) is 66.2 Å². The van der Waals surface area contributed by atoms with Crippen LogP contribution in [-0.2, 0) is 19.6 Å². The summed E-state index contributed by atoms with van der Waals surface area (Å²) in [5.41, 5.74) is 1.19. The molecule has 0 unspecified atom stereocenters. The fraction of sp³-hybridized carbons (Fsp3) is 0.409. The first kappa shape index (κ1) is 24.0. The minimum absolute atomic E-state index is 0.158. The largest absolute Gasteiger partial charge is 0.483 e. The fourth-order valence-corrected chi connectivity index (χ4v) is 5.03. The lowest BCUT2D eigenvalue weighted by Gasteiger charge is -2.39. The molecule has 1 aliphatic heterocycles. The van der Waals surface area contributed by atoms with Crippen LogP contribution in [0, 0.1) is 0 Å². The Bertz CT molecular complexity index is 846. The molecule has 0 spiro atoms. The van der Waals surface area contributed by atoms with Crippen LogP contribution in [0.2, 0.25) is 0 Å². The first-order valence-electron chi connectivity index (χ1n) is 9.93. The number of rotatable bonds is 8. The highest BCUT2D eigenvalue weighted by Gasteiger charge is 2.33. The molecule has 1 saturated heterocycles. The van der Waals surface area contributed by atoms with E-state index in [-0.39, 0.29) is 18.4 Å². The van der Waals surface area contributed by atoms with Crippen molar-refractivity contribution in [2.45, 2.75) is 29.7 Å². The van der Waals surface area contributed by atoms with Crippen LogP contribution in [-0.4, -0.2) is 64.3 Å². The number of carboxylic acid groups (broad SMARTS) is 1. The number of sulfonamides is 1. The van der Waals surface area contributed by atoms with Crippen molar-refractivity contribution in [3.63, 3.8) is 0 Å². The Morgan fingerprint density at radius 1 is 1.13 bits per heavy atom. The minimum atomic E-state index is -3.55. The topological polar surface area (TPSA) is 95.9 Å². The van der Waals surface area contributed by atoms with Crippen LogP contribution in [0.4, 0.5) is 0 Å². The fourth-order valence-electron chi connectivity index (χ4n) is 3.74. The van der Waals surface area contributed by atoms with E-state index in [2.05, 4.69) is 21.8 Å². The van der Waals surface area contributed by atoms with E-state index in [1.165, 1.54) is 5.56 Å². The standard InChI is InChI=1S/C21H28N2O3S.CH2O2/c1-26-16-8-14-23-15-13-20(18-9-4-2-5-10-18)21(17-23)22-27(24,25)19-11-6-3-7-12-19;2-1-3/h2-7,9-12,20-22H,8,13-17H2,1H3;1H,(H,2,3)/t20-,21-;/m0./s1. The second kappa shape index (κ2) is 12.4. The average molecular weight is 435 g/mol. The van der Waals surface area contributed by atoms with Gasteiger partial charge in [0.1, 0.15) is 0 Å². The highest BCUT2D eigenvalue weighted by Crippen LogP contribution is 2.29. The molecular weight excluding hydrogens is 404 g/mol. The average Bonchev–Trinajstić information content (AvgIpc) is 2.76. The van der Waals surface area contributed by atoms with E-state index in [9.17, 15) is 8.42 Å². The van der Waals surface area contributed by atoms with Gasteiger partial charge in [0.2, 0.25) is 10.0 Å². The molecule has 2 aromatic carbocycles. The summed E-state index contributed by atoms with van der Waals surface area (Å²) in [6.07, 6.45) is 1.88. The highest BCUT2D eigenvalue weighted by atomic mass is 32.2. The van der Waals surface area contributed by atoms with Gasteiger partial charge in [-0.25, -0.2) is 13.1 Å². The molecule has 8 heteroatoms. The lowest BCUT2D eigenvalue weighted by molar-refractivity contribution is -0.122. The van der Waals surface area contributed by atoms with Gasteiger partial charge in [-0.05, 0) is 37.1 Å². The van der Waals surface area contributed by atoms with Crippen LogP contribution in [0.5, 0.6) is 0 Å². The quantitative estimate of drug-likeness (QED) is 0.490. The van der Waals surface area contributed by atoms with Crippen LogP contribution in [0.15, 0.2) is 65.6 Å². The normalized spacial score (nSPS) is 19.5. The lowest BCUT2D eigenvalue weighted by Crippen LogP contribution is -2.51. The summed E-state index contributed by atoms with van der Waals surface area (Å²) in [5.74, 6) is 0.170. The molecule has 164 valence electrons. The number of benzene rings is 2. The zero-order chi connectivity index (χ0) is 21.8. The van der Waals surface area contributed by atoms with Crippen molar-refractivity contribution in [1.82, 2.24) is 9.62 Å². The van der Waals surface area contributed by atoms with Crippen molar-refractivity contribution in [1.29, 1.82) is 0 Å². The molecule has 0 radical (unpaired) electrons. The number of ether oxygens (including phenoxy) is 1. The number of likely N-dealkylation sites (tertiary alicyclic amines) is 1. The van der Waals surface area contributed by atoms with E-state index < -0.39 is 10.0 Å². The molecule has 0 aliphatic carbocycles. The molecule has 2 N–H and O–H groups in total. The van der Waals surface area contributed by atoms with Crippen LogP contribution >= 0.6 is 0 Å². The third-order valence-corrected chi connectivity index (χ3v) is 6.61. The number of carbonyl (C=O) groups is 1. The molecule has 0 aromatic heterocycles. The molecule has 2 atom stereocenters. The molecule has 3 rings (SSSR count). The summed E-state index contributed by atoms with van der Waals surface area (Å²) >= 11 is 0. The van der Waals surface area contributed by atoms with E-state index in [1.807, 2.05) is 24.3 Å². The Labute approximate surface area is 178 Å². The number of piperidine rings is 1. The lowest BCUT2D eigenvalue weighted by atomic mass is 9.86. The van der Waals surface area contributed by atoms with Gasteiger partial charge in [-0.1, -0.05) is 48.5 Å². The van der Waals surface area contributed by atoms with Gasteiger partial charge in [-0.15, -0.1) is 0 Å². The van der Waals surface area contributed by atoms with Gasteiger partial charge >= 0.3 is 0 Å². The monoisotopic (exact) mass is 434 g/mol. The Hall–Kier alpha value is -2.26.